The third kappa shape index (κ3) is 2.86. The number of benzene rings is 1. The van der Waals surface area contributed by atoms with E-state index >= 15 is 0 Å². The number of carbonyl (C=O) groups excluding carboxylic acids is 1. The van der Waals surface area contributed by atoms with Gasteiger partial charge in [-0.05, 0) is 29.9 Å². The van der Waals surface area contributed by atoms with Gasteiger partial charge >= 0.3 is 6.18 Å². The van der Waals surface area contributed by atoms with Gasteiger partial charge in [0.2, 0.25) is 5.91 Å². The topological polar surface area (TPSA) is 20.3 Å². The van der Waals surface area contributed by atoms with Crippen LogP contribution in [-0.2, 0) is 11.0 Å². The van der Waals surface area contributed by atoms with E-state index in [2.05, 4.69) is 12.6 Å². The summed E-state index contributed by atoms with van der Waals surface area (Å²) in [5, 5.41) is 0. The Morgan fingerprint density at radius 1 is 1.37 bits per heavy atom. The molecule has 0 N–H and O–H groups in total. The molecular weight excluding hydrogens is 282 g/mol. The molecule has 0 saturated carbocycles. The molecule has 2 rings (SSSR count). The molecule has 1 aromatic carbocycles. The average molecular weight is 293 g/mol. The van der Waals surface area contributed by atoms with Crippen LogP contribution in [0.4, 0.5) is 23.2 Å². The van der Waals surface area contributed by atoms with Crippen molar-refractivity contribution < 1.29 is 22.4 Å². The van der Waals surface area contributed by atoms with Crippen molar-refractivity contribution in [3.05, 3.63) is 29.6 Å². The third-order valence-corrected chi connectivity index (χ3v) is 3.55. The number of anilines is 1. The van der Waals surface area contributed by atoms with Gasteiger partial charge in [0.1, 0.15) is 5.82 Å². The van der Waals surface area contributed by atoms with Crippen molar-refractivity contribution >= 4 is 24.2 Å². The molecule has 1 heterocycles. The Morgan fingerprint density at radius 2 is 2.05 bits per heavy atom. The minimum atomic E-state index is -4.73. The molecule has 1 atom stereocenters. The van der Waals surface area contributed by atoms with E-state index in [9.17, 15) is 22.4 Å². The first-order valence-corrected chi connectivity index (χ1v) is 6.24. The third-order valence-electron chi connectivity index (χ3n) is 3.03. The Bertz CT molecular complexity index is 503. The molecule has 1 saturated heterocycles. The van der Waals surface area contributed by atoms with E-state index < -0.39 is 17.6 Å². The summed E-state index contributed by atoms with van der Waals surface area (Å²) in [6.45, 7) is 0.354. The van der Waals surface area contributed by atoms with Gasteiger partial charge < -0.3 is 4.90 Å². The number of halogens is 4. The predicted octanol–water partition coefficient (Wildman–Crippen LogP) is 3.13. The second-order valence-corrected chi connectivity index (χ2v) is 4.78. The van der Waals surface area contributed by atoms with Crippen LogP contribution in [0.3, 0.4) is 0 Å². The zero-order chi connectivity index (χ0) is 14.2. The smallest absolute Gasteiger partial charge is 0.312 e. The summed E-state index contributed by atoms with van der Waals surface area (Å²) in [5.41, 5.74) is -1.17. The molecule has 1 aliphatic heterocycles. The van der Waals surface area contributed by atoms with E-state index in [0.717, 1.165) is 12.1 Å². The lowest BCUT2D eigenvalue weighted by Crippen LogP contribution is -2.25. The highest BCUT2D eigenvalue weighted by molar-refractivity contribution is 7.80. The Balaban J connectivity index is 2.28. The van der Waals surface area contributed by atoms with Gasteiger partial charge in [0.25, 0.3) is 0 Å². The van der Waals surface area contributed by atoms with E-state index in [1.807, 2.05) is 0 Å². The molecule has 1 amide bonds. The normalized spacial score (nSPS) is 20.2. The maximum Gasteiger partial charge on any atom is 0.419 e. The van der Waals surface area contributed by atoms with Gasteiger partial charge in [0, 0.05) is 18.7 Å². The van der Waals surface area contributed by atoms with Crippen molar-refractivity contribution in [1.29, 1.82) is 0 Å². The van der Waals surface area contributed by atoms with Crippen molar-refractivity contribution in [3.8, 4) is 0 Å². The number of hydrogen-bond donors (Lipinski definition) is 1. The van der Waals surface area contributed by atoms with Crippen molar-refractivity contribution in [1.82, 2.24) is 0 Å². The highest BCUT2D eigenvalue weighted by Gasteiger charge is 2.35. The largest absolute Gasteiger partial charge is 0.419 e. The maximum absolute atomic E-state index is 13.4. The number of nitrogens with zero attached hydrogens (tertiary/aromatic N) is 1. The number of thiol groups is 1. The van der Waals surface area contributed by atoms with Crippen LogP contribution in [0, 0.1) is 11.7 Å². The second kappa shape index (κ2) is 5.03. The minimum absolute atomic E-state index is 0.0428. The van der Waals surface area contributed by atoms with Crippen molar-refractivity contribution in [3.63, 3.8) is 0 Å². The summed E-state index contributed by atoms with van der Waals surface area (Å²) in [5.74, 6) is -1.04. The molecule has 1 aliphatic rings. The van der Waals surface area contributed by atoms with Gasteiger partial charge in [-0.2, -0.15) is 25.8 Å². The highest BCUT2D eigenvalue weighted by atomic mass is 32.1. The Morgan fingerprint density at radius 3 is 2.53 bits per heavy atom. The fraction of sp³-hybridized carbons (Fsp3) is 0.417. The molecule has 0 aliphatic carbocycles. The predicted molar refractivity (Wildman–Crippen MR) is 65.7 cm³/mol. The van der Waals surface area contributed by atoms with Crippen LogP contribution in [0.5, 0.6) is 0 Å². The lowest BCUT2D eigenvalue weighted by atomic mass is 10.1. The molecule has 1 aromatic rings. The van der Waals surface area contributed by atoms with Crippen LogP contribution in [0.15, 0.2) is 18.2 Å². The maximum atomic E-state index is 13.4. The van der Waals surface area contributed by atoms with Crippen LogP contribution in [0.1, 0.15) is 12.0 Å². The molecule has 7 heteroatoms. The van der Waals surface area contributed by atoms with E-state index in [1.54, 1.807) is 0 Å². The molecule has 1 unspecified atom stereocenters. The molecule has 2 nitrogen and oxygen atoms in total. The number of amides is 1. The van der Waals surface area contributed by atoms with Gasteiger partial charge in [-0.1, -0.05) is 0 Å². The van der Waals surface area contributed by atoms with Crippen LogP contribution in [0.2, 0.25) is 0 Å². The first-order valence-electron chi connectivity index (χ1n) is 5.61. The van der Waals surface area contributed by atoms with Crippen molar-refractivity contribution in [2.24, 2.45) is 5.92 Å². The van der Waals surface area contributed by atoms with E-state index in [-0.39, 0.29) is 23.9 Å². The Hall–Kier alpha value is -1.24. The van der Waals surface area contributed by atoms with Crippen LogP contribution >= 0.6 is 12.6 Å². The number of carbonyl (C=O) groups is 1. The van der Waals surface area contributed by atoms with Gasteiger partial charge in [0.05, 0.1) is 5.56 Å². The first kappa shape index (κ1) is 14.2. The lowest BCUT2D eigenvalue weighted by molar-refractivity contribution is -0.139. The van der Waals surface area contributed by atoms with Gasteiger partial charge in [0.15, 0.2) is 0 Å². The summed E-state index contributed by atoms with van der Waals surface area (Å²) in [6, 6.07) is 2.53. The molecule has 0 bridgehead atoms. The standard InChI is InChI=1S/C12H11F4NOS/c13-10-4-8(1-2-9(10)12(14,15)16)17-5-7(6-19)3-11(17)18/h1-2,4,7,19H,3,5-6H2. The molecule has 0 spiro atoms. The summed E-state index contributed by atoms with van der Waals surface area (Å²) in [4.78, 5) is 13.0. The lowest BCUT2D eigenvalue weighted by Gasteiger charge is -2.18. The summed E-state index contributed by atoms with van der Waals surface area (Å²) >= 11 is 4.08. The monoisotopic (exact) mass is 293 g/mol. The molecular formula is C12H11F4NOS. The van der Waals surface area contributed by atoms with E-state index in [4.69, 9.17) is 0 Å². The molecule has 0 radical (unpaired) electrons. The highest BCUT2D eigenvalue weighted by Crippen LogP contribution is 2.34. The summed E-state index contributed by atoms with van der Waals surface area (Å²) in [7, 11) is 0. The summed E-state index contributed by atoms with van der Waals surface area (Å²) < 4.78 is 50.7. The number of rotatable bonds is 2. The van der Waals surface area contributed by atoms with Crippen LogP contribution < -0.4 is 4.90 Å². The van der Waals surface area contributed by atoms with Gasteiger partial charge in [-0.25, -0.2) is 4.39 Å². The summed E-state index contributed by atoms with van der Waals surface area (Å²) in [6.07, 6.45) is -4.45. The minimum Gasteiger partial charge on any atom is -0.312 e. The second-order valence-electron chi connectivity index (χ2n) is 4.42. The Labute approximate surface area is 112 Å². The number of alkyl halides is 3. The Kier molecular flexibility index (Phi) is 3.75. The quantitative estimate of drug-likeness (QED) is 0.656. The molecule has 0 aromatic heterocycles. The van der Waals surface area contributed by atoms with E-state index in [1.165, 1.54) is 4.90 Å². The SMILES string of the molecule is O=C1CC(CS)CN1c1ccc(C(F)(F)F)c(F)c1. The molecule has 19 heavy (non-hydrogen) atoms. The number of hydrogen-bond acceptors (Lipinski definition) is 2. The average Bonchev–Trinajstić information content (AvgIpc) is 2.68. The van der Waals surface area contributed by atoms with Crippen LogP contribution in [0.25, 0.3) is 0 Å². The molecule has 1 fully saturated rings. The van der Waals surface area contributed by atoms with Crippen molar-refractivity contribution in [2.45, 2.75) is 12.6 Å². The van der Waals surface area contributed by atoms with E-state index in [0.29, 0.717) is 18.4 Å². The van der Waals surface area contributed by atoms with Gasteiger partial charge in [-0.15, -0.1) is 0 Å². The first-order chi connectivity index (χ1) is 8.82. The fourth-order valence-electron chi connectivity index (χ4n) is 2.06. The van der Waals surface area contributed by atoms with Crippen LogP contribution in [-0.4, -0.2) is 18.2 Å². The zero-order valence-electron chi connectivity index (χ0n) is 9.75. The van der Waals surface area contributed by atoms with Gasteiger partial charge in [-0.3, -0.25) is 4.79 Å². The zero-order valence-corrected chi connectivity index (χ0v) is 10.6. The fourth-order valence-corrected chi connectivity index (χ4v) is 2.30. The van der Waals surface area contributed by atoms with Crippen molar-refractivity contribution in [2.75, 3.05) is 17.2 Å². The molecule has 104 valence electrons.